The van der Waals surface area contributed by atoms with Gasteiger partial charge in [-0.3, -0.25) is 4.79 Å². The number of anilines is 1. The van der Waals surface area contributed by atoms with Gasteiger partial charge in [0.25, 0.3) is 0 Å². The number of carbonyl (C=O) groups excluding carboxylic acids is 1. The minimum atomic E-state index is -0.424. The number of benzene rings is 3. The first-order chi connectivity index (χ1) is 12.6. The van der Waals surface area contributed by atoms with Crippen molar-refractivity contribution in [1.82, 2.24) is 5.32 Å². The van der Waals surface area contributed by atoms with Crippen LogP contribution < -0.4 is 10.6 Å². The van der Waals surface area contributed by atoms with Crippen molar-refractivity contribution in [2.24, 2.45) is 0 Å². The van der Waals surface area contributed by atoms with E-state index in [2.05, 4.69) is 33.2 Å². The molecule has 1 amide bonds. The summed E-state index contributed by atoms with van der Waals surface area (Å²) in [6.07, 6.45) is 0. The van der Waals surface area contributed by atoms with Crippen molar-refractivity contribution in [3.05, 3.63) is 99.6 Å². The second-order valence-corrected chi connectivity index (χ2v) is 7.25. The molecule has 0 bridgehead atoms. The molecule has 0 fully saturated rings. The summed E-state index contributed by atoms with van der Waals surface area (Å²) in [7, 11) is 0. The van der Waals surface area contributed by atoms with E-state index in [9.17, 15) is 4.79 Å². The molecule has 3 aromatic carbocycles. The van der Waals surface area contributed by atoms with Crippen molar-refractivity contribution in [3.8, 4) is 0 Å². The van der Waals surface area contributed by atoms with E-state index in [1.165, 1.54) is 0 Å². The minimum Gasteiger partial charge on any atom is -0.332 e. The summed E-state index contributed by atoms with van der Waals surface area (Å²) in [5.74, 6) is -0.585. The Morgan fingerprint density at radius 2 is 1.31 bits per heavy atom. The molecule has 0 aliphatic heterocycles. The second kappa shape index (κ2) is 8.91. The summed E-state index contributed by atoms with van der Waals surface area (Å²) in [6.45, 7) is 0. The number of hydrogen-bond acceptors (Lipinski definition) is 2. The number of amides is 1. The zero-order valence-corrected chi connectivity index (χ0v) is 16.8. The van der Waals surface area contributed by atoms with Crippen LogP contribution in [0, 0.1) is 3.57 Å². The van der Waals surface area contributed by atoms with Gasteiger partial charge >= 0.3 is 0 Å². The Labute approximate surface area is 172 Å². The summed E-state index contributed by atoms with van der Waals surface area (Å²) in [6, 6.07) is 27.2. The number of hydrogen-bond donors (Lipinski definition) is 2. The van der Waals surface area contributed by atoms with Crippen LogP contribution in [0.15, 0.2) is 84.9 Å². The van der Waals surface area contributed by atoms with Gasteiger partial charge in [-0.05, 0) is 58.1 Å². The highest BCUT2D eigenvalue weighted by atomic mass is 127. The first-order valence-electron chi connectivity index (χ1n) is 8.11. The fraction of sp³-hybridized carbons (Fsp3) is 0.0476. The van der Waals surface area contributed by atoms with Gasteiger partial charge in [-0.15, -0.1) is 0 Å². The summed E-state index contributed by atoms with van der Waals surface area (Å²) in [5, 5.41) is 6.21. The van der Waals surface area contributed by atoms with Crippen LogP contribution >= 0.6 is 34.8 Å². The Balaban J connectivity index is 1.80. The molecule has 3 aromatic rings. The maximum Gasteiger partial charge on any atom is 0.238 e. The molecule has 3 rings (SSSR count). The second-order valence-electron chi connectivity index (χ2n) is 5.68. The number of nitrogens with one attached hydrogen (secondary N) is 2. The third-order valence-corrected chi connectivity index (χ3v) is 5.03. The molecule has 26 heavy (non-hydrogen) atoms. The normalized spacial score (nSPS) is 10.4. The predicted molar refractivity (Wildman–Crippen MR) is 118 cm³/mol. The lowest BCUT2D eigenvalue weighted by molar-refractivity contribution is -0.120. The SMILES string of the molecule is O=C(NC(=S)Nc1ccccc1I)C(c1ccccc1)c1ccccc1. The van der Waals surface area contributed by atoms with Crippen molar-refractivity contribution in [2.75, 3.05) is 5.32 Å². The van der Waals surface area contributed by atoms with Gasteiger partial charge in [0.1, 0.15) is 0 Å². The van der Waals surface area contributed by atoms with E-state index < -0.39 is 5.92 Å². The van der Waals surface area contributed by atoms with Crippen LogP contribution in [0.3, 0.4) is 0 Å². The quantitative estimate of drug-likeness (QED) is 0.418. The molecule has 5 heteroatoms. The van der Waals surface area contributed by atoms with Crippen molar-refractivity contribution >= 4 is 51.5 Å². The van der Waals surface area contributed by atoms with Crippen LogP contribution in [0.25, 0.3) is 0 Å². The number of para-hydroxylation sites is 1. The Morgan fingerprint density at radius 3 is 1.85 bits per heavy atom. The molecule has 0 heterocycles. The molecule has 2 N–H and O–H groups in total. The highest BCUT2D eigenvalue weighted by Crippen LogP contribution is 2.25. The summed E-state index contributed by atoms with van der Waals surface area (Å²) in [4.78, 5) is 13.0. The van der Waals surface area contributed by atoms with E-state index in [0.29, 0.717) is 0 Å². The van der Waals surface area contributed by atoms with E-state index in [-0.39, 0.29) is 11.0 Å². The number of rotatable bonds is 4. The largest absolute Gasteiger partial charge is 0.332 e. The van der Waals surface area contributed by atoms with E-state index in [1.54, 1.807) is 0 Å². The monoisotopic (exact) mass is 472 g/mol. The fourth-order valence-corrected chi connectivity index (χ4v) is 3.42. The standard InChI is InChI=1S/C21H17IN2OS/c22-17-13-7-8-14-18(17)23-21(26)24-20(25)19(15-9-3-1-4-10-15)16-11-5-2-6-12-16/h1-14,19H,(H2,23,24,25,26). The molecule has 130 valence electrons. The predicted octanol–water partition coefficient (Wildman–Crippen LogP) is 4.94. The summed E-state index contributed by atoms with van der Waals surface area (Å²) in [5.41, 5.74) is 2.72. The van der Waals surface area contributed by atoms with E-state index in [4.69, 9.17) is 12.2 Å². The van der Waals surface area contributed by atoms with Crippen molar-refractivity contribution in [1.29, 1.82) is 0 Å². The van der Waals surface area contributed by atoms with Crippen LogP contribution in [0.5, 0.6) is 0 Å². The smallest absolute Gasteiger partial charge is 0.238 e. The van der Waals surface area contributed by atoms with Crippen LogP contribution in [0.1, 0.15) is 17.0 Å². The van der Waals surface area contributed by atoms with Gasteiger partial charge in [-0.1, -0.05) is 72.8 Å². The molecular weight excluding hydrogens is 455 g/mol. The Bertz CT molecular complexity index is 861. The Kier molecular flexibility index (Phi) is 6.35. The van der Waals surface area contributed by atoms with Gasteiger partial charge in [0.15, 0.2) is 5.11 Å². The highest BCUT2D eigenvalue weighted by molar-refractivity contribution is 14.1. The van der Waals surface area contributed by atoms with Crippen LogP contribution in [0.4, 0.5) is 5.69 Å². The molecule has 0 aliphatic carbocycles. The van der Waals surface area contributed by atoms with Crippen LogP contribution in [-0.2, 0) is 4.79 Å². The number of thiocarbonyl (C=S) groups is 1. The molecule has 0 radical (unpaired) electrons. The van der Waals surface area contributed by atoms with Crippen LogP contribution in [0.2, 0.25) is 0 Å². The molecular formula is C21H17IN2OS. The Hall–Kier alpha value is -2.25. The first kappa shape index (κ1) is 18.5. The summed E-state index contributed by atoms with van der Waals surface area (Å²) >= 11 is 7.57. The molecule has 0 aliphatic rings. The third-order valence-electron chi connectivity index (χ3n) is 3.89. The average Bonchev–Trinajstić information content (AvgIpc) is 2.65. The van der Waals surface area contributed by atoms with Crippen molar-refractivity contribution < 1.29 is 4.79 Å². The van der Waals surface area contributed by atoms with Gasteiger partial charge in [-0.25, -0.2) is 0 Å². The van der Waals surface area contributed by atoms with Gasteiger partial charge in [0.2, 0.25) is 5.91 Å². The molecule has 0 spiro atoms. The molecule has 0 unspecified atom stereocenters. The Morgan fingerprint density at radius 1 is 0.808 bits per heavy atom. The molecule has 0 saturated heterocycles. The lowest BCUT2D eigenvalue weighted by Gasteiger charge is -2.19. The lowest BCUT2D eigenvalue weighted by Crippen LogP contribution is -2.38. The van der Waals surface area contributed by atoms with Crippen LogP contribution in [-0.4, -0.2) is 11.0 Å². The van der Waals surface area contributed by atoms with E-state index in [1.807, 2.05) is 84.9 Å². The minimum absolute atomic E-state index is 0.161. The van der Waals surface area contributed by atoms with Crippen molar-refractivity contribution in [2.45, 2.75) is 5.92 Å². The third kappa shape index (κ3) is 4.68. The first-order valence-corrected chi connectivity index (χ1v) is 9.60. The van der Waals surface area contributed by atoms with E-state index in [0.717, 1.165) is 20.4 Å². The van der Waals surface area contributed by atoms with E-state index >= 15 is 0 Å². The lowest BCUT2D eigenvalue weighted by atomic mass is 9.90. The zero-order valence-electron chi connectivity index (χ0n) is 13.9. The van der Waals surface area contributed by atoms with Gasteiger partial charge in [0, 0.05) is 3.57 Å². The molecule has 0 saturated carbocycles. The van der Waals surface area contributed by atoms with Crippen molar-refractivity contribution in [3.63, 3.8) is 0 Å². The molecule has 3 nitrogen and oxygen atoms in total. The number of carbonyl (C=O) groups is 1. The molecule has 0 atom stereocenters. The fourth-order valence-electron chi connectivity index (χ4n) is 2.69. The maximum atomic E-state index is 13.0. The maximum absolute atomic E-state index is 13.0. The average molecular weight is 472 g/mol. The van der Waals surface area contributed by atoms with Gasteiger partial charge in [0.05, 0.1) is 11.6 Å². The zero-order chi connectivity index (χ0) is 18.4. The van der Waals surface area contributed by atoms with Gasteiger partial charge < -0.3 is 10.6 Å². The number of halogens is 1. The molecule has 0 aromatic heterocycles. The van der Waals surface area contributed by atoms with Gasteiger partial charge in [-0.2, -0.15) is 0 Å². The highest BCUT2D eigenvalue weighted by Gasteiger charge is 2.23. The summed E-state index contributed by atoms with van der Waals surface area (Å²) < 4.78 is 1.03. The topological polar surface area (TPSA) is 41.1 Å².